The molecule has 0 radical (unpaired) electrons. The first-order chi connectivity index (χ1) is 17.1. The molecule has 1 aliphatic heterocycles. The van der Waals surface area contributed by atoms with Crippen LogP contribution in [0.5, 0.6) is 0 Å². The number of piperidine rings is 1. The highest BCUT2D eigenvalue weighted by Gasteiger charge is 2.27. The number of hydrogen-bond acceptors (Lipinski definition) is 6. The SMILES string of the molecule is CC(C)(C)NS(=O)(=O)c1cc(NC(=O)NCc2ccccc2)ccc1-c1cnc([C@@H]2CCCCN2)s1. The number of carbonyl (C=O) groups excluding carboxylic acids is 1. The van der Waals surface area contributed by atoms with Crippen LogP contribution in [0.3, 0.4) is 0 Å². The molecule has 1 saturated heterocycles. The minimum absolute atomic E-state index is 0.102. The van der Waals surface area contributed by atoms with Crippen molar-refractivity contribution in [1.82, 2.24) is 20.3 Å². The summed E-state index contributed by atoms with van der Waals surface area (Å²) in [4.78, 5) is 18.0. The topological polar surface area (TPSA) is 112 Å². The zero-order valence-corrected chi connectivity index (χ0v) is 22.4. The van der Waals surface area contributed by atoms with Crippen LogP contribution in [0.15, 0.2) is 59.6 Å². The number of aromatic nitrogens is 1. The number of nitrogens with one attached hydrogen (secondary N) is 4. The van der Waals surface area contributed by atoms with Gasteiger partial charge < -0.3 is 16.0 Å². The molecule has 4 N–H and O–H groups in total. The molecule has 192 valence electrons. The highest BCUT2D eigenvalue weighted by atomic mass is 32.2. The van der Waals surface area contributed by atoms with Crippen LogP contribution >= 0.6 is 11.3 Å². The Kier molecular flexibility index (Phi) is 8.09. The lowest BCUT2D eigenvalue weighted by atomic mass is 10.1. The van der Waals surface area contributed by atoms with Crippen molar-refractivity contribution in [3.8, 4) is 10.4 Å². The molecule has 2 heterocycles. The van der Waals surface area contributed by atoms with E-state index in [1.54, 1.807) is 39.1 Å². The summed E-state index contributed by atoms with van der Waals surface area (Å²) in [6.07, 6.45) is 5.06. The summed E-state index contributed by atoms with van der Waals surface area (Å²) in [5, 5.41) is 10.0. The van der Waals surface area contributed by atoms with Crippen LogP contribution in [0.1, 0.15) is 56.6 Å². The molecule has 2 amide bonds. The van der Waals surface area contributed by atoms with Crippen LogP contribution in [0, 0.1) is 0 Å². The number of hydrogen-bond donors (Lipinski definition) is 4. The summed E-state index contributed by atoms with van der Waals surface area (Å²) >= 11 is 1.50. The molecule has 1 fully saturated rings. The summed E-state index contributed by atoms with van der Waals surface area (Å²) < 4.78 is 29.6. The Labute approximate surface area is 217 Å². The third-order valence-corrected chi connectivity index (χ3v) is 8.61. The van der Waals surface area contributed by atoms with E-state index in [0.29, 0.717) is 17.8 Å². The van der Waals surface area contributed by atoms with Gasteiger partial charge in [0.05, 0.1) is 15.8 Å². The number of sulfonamides is 1. The fourth-order valence-electron chi connectivity index (χ4n) is 4.07. The summed E-state index contributed by atoms with van der Waals surface area (Å²) in [7, 11) is -3.88. The third kappa shape index (κ3) is 6.91. The maximum Gasteiger partial charge on any atom is 0.319 e. The van der Waals surface area contributed by atoms with Gasteiger partial charge in [-0.25, -0.2) is 22.9 Å². The minimum atomic E-state index is -3.88. The molecule has 1 atom stereocenters. The van der Waals surface area contributed by atoms with E-state index in [4.69, 9.17) is 0 Å². The van der Waals surface area contributed by atoms with Gasteiger partial charge in [-0.2, -0.15) is 0 Å². The Morgan fingerprint density at radius 3 is 2.61 bits per heavy atom. The molecule has 4 rings (SSSR count). The van der Waals surface area contributed by atoms with E-state index in [0.717, 1.165) is 41.3 Å². The summed E-state index contributed by atoms with van der Waals surface area (Å²) in [5.74, 6) is 0. The first kappa shape index (κ1) is 26.3. The van der Waals surface area contributed by atoms with Crippen LogP contribution in [0.2, 0.25) is 0 Å². The molecule has 2 aromatic carbocycles. The second kappa shape index (κ2) is 11.1. The lowest BCUT2D eigenvalue weighted by molar-refractivity contribution is 0.251. The smallest absolute Gasteiger partial charge is 0.319 e. The highest BCUT2D eigenvalue weighted by molar-refractivity contribution is 7.89. The van der Waals surface area contributed by atoms with Gasteiger partial charge in [-0.3, -0.25) is 0 Å². The predicted molar refractivity (Wildman–Crippen MR) is 145 cm³/mol. The third-order valence-electron chi connectivity index (χ3n) is 5.66. The van der Waals surface area contributed by atoms with Gasteiger partial charge in [-0.15, -0.1) is 11.3 Å². The van der Waals surface area contributed by atoms with E-state index in [-0.39, 0.29) is 10.9 Å². The van der Waals surface area contributed by atoms with Gasteiger partial charge in [0, 0.05) is 29.5 Å². The van der Waals surface area contributed by atoms with Crippen molar-refractivity contribution in [2.45, 2.75) is 63.1 Å². The fraction of sp³-hybridized carbons (Fsp3) is 0.385. The number of anilines is 1. The van der Waals surface area contributed by atoms with Crippen LogP contribution in [-0.2, 0) is 16.6 Å². The standard InChI is InChI=1S/C26H33N5O3S2/c1-26(2,3)31-36(33,34)23-15-19(30-25(32)29-16-18-9-5-4-6-10-18)12-13-20(23)22-17-28-24(35-22)21-11-7-8-14-27-21/h4-6,9-10,12-13,15,17,21,27,31H,7-8,11,14,16H2,1-3H3,(H2,29,30,32)/t21-/m0/s1. The Bertz CT molecular complexity index is 1290. The van der Waals surface area contributed by atoms with Crippen LogP contribution in [0.25, 0.3) is 10.4 Å². The van der Waals surface area contributed by atoms with Gasteiger partial charge in [0.2, 0.25) is 10.0 Å². The van der Waals surface area contributed by atoms with Gasteiger partial charge in [0.15, 0.2) is 0 Å². The lowest BCUT2D eigenvalue weighted by Gasteiger charge is -2.22. The number of nitrogens with zero attached hydrogens (tertiary/aromatic N) is 1. The van der Waals surface area contributed by atoms with Gasteiger partial charge in [-0.05, 0) is 57.9 Å². The predicted octanol–water partition coefficient (Wildman–Crippen LogP) is 5.02. The molecule has 1 aliphatic rings. The number of carbonyl (C=O) groups is 1. The Hall–Kier alpha value is -2.79. The second-order valence-corrected chi connectivity index (χ2v) is 12.6. The first-order valence-corrected chi connectivity index (χ1v) is 14.4. The first-order valence-electron chi connectivity index (χ1n) is 12.1. The van der Waals surface area contributed by atoms with Crippen molar-refractivity contribution in [1.29, 1.82) is 0 Å². The van der Waals surface area contributed by atoms with Crippen molar-refractivity contribution in [2.24, 2.45) is 0 Å². The van der Waals surface area contributed by atoms with E-state index in [1.807, 2.05) is 30.3 Å². The average molecular weight is 528 g/mol. The van der Waals surface area contributed by atoms with Crippen molar-refractivity contribution in [2.75, 3.05) is 11.9 Å². The zero-order chi connectivity index (χ0) is 25.8. The van der Waals surface area contributed by atoms with E-state index in [1.165, 1.54) is 17.4 Å². The molecule has 1 aromatic heterocycles. The average Bonchev–Trinajstić information content (AvgIpc) is 3.33. The van der Waals surface area contributed by atoms with Gasteiger partial charge in [-0.1, -0.05) is 42.8 Å². The zero-order valence-electron chi connectivity index (χ0n) is 20.8. The number of urea groups is 1. The van der Waals surface area contributed by atoms with Crippen LogP contribution in [0.4, 0.5) is 10.5 Å². The maximum atomic E-state index is 13.4. The van der Waals surface area contributed by atoms with Crippen molar-refractivity contribution < 1.29 is 13.2 Å². The summed E-state index contributed by atoms with van der Waals surface area (Å²) in [6, 6.07) is 14.3. The van der Waals surface area contributed by atoms with Crippen molar-refractivity contribution in [3.63, 3.8) is 0 Å². The molecule has 0 bridgehead atoms. The quantitative estimate of drug-likeness (QED) is 0.345. The number of rotatable bonds is 7. The molecule has 3 aromatic rings. The van der Waals surface area contributed by atoms with Crippen LogP contribution in [-0.4, -0.2) is 31.5 Å². The highest BCUT2D eigenvalue weighted by Crippen LogP contribution is 2.37. The Morgan fingerprint density at radius 2 is 1.92 bits per heavy atom. The molecule has 0 aliphatic carbocycles. The Balaban J connectivity index is 1.60. The Morgan fingerprint density at radius 1 is 1.14 bits per heavy atom. The molecular weight excluding hydrogens is 494 g/mol. The van der Waals surface area contributed by atoms with Gasteiger partial charge in [0.1, 0.15) is 5.01 Å². The lowest BCUT2D eigenvalue weighted by Crippen LogP contribution is -2.40. The summed E-state index contributed by atoms with van der Waals surface area (Å²) in [6.45, 7) is 6.70. The molecule has 0 saturated carbocycles. The van der Waals surface area contributed by atoms with Crippen LogP contribution < -0.4 is 20.7 Å². The number of thiazole rings is 1. The molecule has 8 nitrogen and oxygen atoms in total. The fourth-order valence-corrected chi connectivity index (χ4v) is 6.87. The van der Waals surface area contributed by atoms with Crippen molar-refractivity contribution in [3.05, 3.63) is 65.3 Å². The molecule has 10 heteroatoms. The molecule has 36 heavy (non-hydrogen) atoms. The molecule has 0 unspecified atom stereocenters. The summed E-state index contributed by atoms with van der Waals surface area (Å²) in [5.41, 5.74) is 1.24. The monoisotopic (exact) mass is 527 g/mol. The van der Waals surface area contributed by atoms with Gasteiger partial charge >= 0.3 is 6.03 Å². The van der Waals surface area contributed by atoms with E-state index < -0.39 is 21.6 Å². The van der Waals surface area contributed by atoms with Crippen molar-refractivity contribution >= 4 is 33.1 Å². The van der Waals surface area contributed by atoms with E-state index in [2.05, 4.69) is 25.7 Å². The maximum absolute atomic E-state index is 13.4. The minimum Gasteiger partial charge on any atom is -0.334 e. The number of amides is 2. The van der Waals surface area contributed by atoms with E-state index in [9.17, 15) is 13.2 Å². The molecular formula is C26H33N5O3S2. The largest absolute Gasteiger partial charge is 0.334 e. The number of benzene rings is 2. The molecule has 0 spiro atoms. The van der Waals surface area contributed by atoms with Gasteiger partial charge in [0.25, 0.3) is 0 Å². The normalized spacial score (nSPS) is 16.5. The second-order valence-electron chi connectivity index (χ2n) is 9.92. The van der Waals surface area contributed by atoms with E-state index >= 15 is 0 Å².